The topological polar surface area (TPSA) is 71.4 Å². The molecule has 3 aromatic heterocycles. The van der Waals surface area contributed by atoms with Crippen LogP contribution in [-0.4, -0.2) is 28.0 Å². The molecule has 0 aliphatic heterocycles. The van der Waals surface area contributed by atoms with Gasteiger partial charge in [-0.1, -0.05) is 0 Å². The van der Waals surface area contributed by atoms with Gasteiger partial charge in [0.1, 0.15) is 27.8 Å². The van der Waals surface area contributed by atoms with Crippen molar-refractivity contribution in [1.82, 2.24) is 14.9 Å². The van der Waals surface area contributed by atoms with Gasteiger partial charge in [0, 0.05) is 10.9 Å². The molecule has 0 bridgehead atoms. The Labute approximate surface area is 179 Å². The third kappa shape index (κ3) is 4.32. The number of H-pyrrole nitrogens is 1. The number of hydrogen-bond acceptors (Lipinski definition) is 6. The summed E-state index contributed by atoms with van der Waals surface area (Å²) in [6.45, 7) is 7.38. The highest BCUT2D eigenvalue weighted by molar-refractivity contribution is 7.22. The number of fused-ring (bicyclic) bond motifs is 1. The highest BCUT2D eigenvalue weighted by Crippen LogP contribution is 2.32. The fourth-order valence-corrected chi connectivity index (χ4v) is 4.34. The van der Waals surface area contributed by atoms with Gasteiger partial charge < -0.3 is 14.1 Å². The predicted molar refractivity (Wildman–Crippen MR) is 120 cm³/mol. The lowest BCUT2D eigenvalue weighted by Gasteiger charge is -2.24. The van der Waals surface area contributed by atoms with E-state index in [0.29, 0.717) is 23.6 Å². The molecular formula is C23H25N3O3S. The number of aryl methyl sites for hydroxylation is 1. The zero-order valence-electron chi connectivity index (χ0n) is 17.6. The molecule has 0 aliphatic carbocycles. The Morgan fingerprint density at radius 1 is 1.17 bits per heavy atom. The van der Waals surface area contributed by atoms with Gasteiger partial charge in [-0.25, -0.2) is 4.98 Å². The van der Waals surface area contributed by atoms with Gasteiger partial charge in [0.15, 0.2) is 0 Å². The van der Waals surface area contributed by atoms with Crippen molar-refractivity contribution in [3.8, 4) is 16.2 Å². The zero-order chi connectivity index (χ0) is 21.3. The van der Waals surface area contributed by atoms with Crippen LogP contribution in [0.4, 0.5) is 0 Å². The van der Waals surface area contributed by atoms with Crippen molar-refractivity contribution in [2.24, 2.45) is 0 Å². The van der Waals surface area contributed by atoms with Crippen LogP contribution in [0.1, 0.15) is 31.2 Å². The number of nitrogens with one attached hydrogen (secondary N) is 1. The van der Waals surface area contributed by atoms with Crippen molar-refractivity contribution in [2.45, 2.75) is 39.9 Å². The molecule has 0 atom stereocenters. The molecule has 1 N–H and O–H groups in total. The SMILES string of the molecule is COc1ccc(-c2cc3nc(CN(Cc4ccc(C)o4)C(C)C)[nH]c(=O)c3s2)cc1. The standard InChI is InChI=1S/C23H25N3O3S/c1-14(2)26(12-18-8-5-15(3)29-18)13-21-24-19-11-20(30-22(19)23(27)25-21)16-6-9-17(28-4)10-7-16/h5-11,14H,12-13H2,1-4H3,(H,24,25,27). The molecule has 0 saturated carbocycles. The van der Waals surface area contributed by atoms with E-state index in [9.17, 15) is 4.79 Å². The normalized spacial score (nSPS) is 11.7. The van der Waals surface area contributed by atoms with Crippen LogP contribution in [0.25, 0.3) is 20.7 Å². The minimum atomic E-state index is -0.0997. The summed E-state index contributed by atoms with van der Waals surface area (Å²) >= 11 is 1.45. The molecule has 30 heavy (non-hydrogen) atoms. The summed E-state index contributed by atoms with van der Waals surface area (Å²) in [6, 6.07) is 14.0. The summed E-state index contributed by atoms with van der Waals surface area (Å²) in [4.78, 5) is 23.6. The Bertz CT molecular complexity index is 1200. The van der Waals surface area contributed by atoms with Crippen LogP contribution in [0.5, 0.6) is 5.75 Å². The summed E-state index contributed by atoms with van der Waals surface area (Å²) in [5.74, 6) is 3.26. The number of hydrogen-bond donors (Lipinski definition) is 1. The first-order valence-electron chi connectivity index (χ1n) is 9.89. The van der Waals surface area contributed by atoms with Crippen molar-refractivity contribution in [2.75, 3.05) is 7.11 Å². The maximum atomic E-state index is 12.7. The van der Waals surface area contributed by atoms with Gasteiger partial charge >= 0.3 is 0 Å². The molecular weight excluding hydrogens is 398 g/mol. The Kier molecular flexibility index (Phi) is 5.74. The summed E-state index contributed by atoms with van der Waals surface area (Å²) in [7, 11) is 1.65. The lowest BCUT2D eigenvalue weighted by molar-refractivity contribution is 0.182. The third-order valence-corrected chi connectivity index (χ3v) is 6.22. The first kappa shape index (κ1) is 20.4. The molecule has 0 spiro atoms. The molecule has 0 aliphatic rings. The number of aromatic nitrogens is 2. The summed E-state index contributed by atoms with van der Waals surface area (Å²) in [5.41, 5.74) is 1.66. The molecule has 4 rings (SSSR count). The molecule has 156 valence electrons. The van der Waals surface area contributed by atoms with Gasteiger partial charge in [0.25, 0.3) is 5.56 Å². The first-order valence-corrected chi connectivity index (χ1v) is 10.7. The molecule has 0 amide bonds. The Hall–Kier alpha value is -2.90. The van der Waals surface area contributed by atoms with Crippen LogP contribution in [0.15, 0.2) is 51.7 Å². The fourth-order valence-electron chi connectivity index (χ4n) is 3.34. The minimum absolute atomic E-state index is 0.0997. The van der Waals surface area contributed by atoms with E-state index in [4.69, 9.17) is 14.1 Å². The number of benzene rings is 1. The number of thiophene rings is 1. The van der Waals surface area contributed by atoms with Crippen LogP contribution in [0, 0.1) is 6.92 Å². The van der Waals surface area contributed by atoms with Crippen molar-refractivity contribution < 1.29 is 9.15 Å². The summed E-state index contributed by atoms with van der Waals surface area (Å²) < 4.78 is 11.6. The van der Waals surface area contributed by atoms with Crippen molar-refractivity contribution in [1.29, 1.82) is 0 Å². The first-order chi connectivity index (χ1) is 14.4. The van der Waals surface area contributed by atoms with Crippen molar-refractivity contribution in [3.05, 3.63) is 70.2 Å². The second-order valence-corrected chi connectivity index (χ2v) is 8.63. The number of methoxy groups -OCH3 is 1. The predicted octanol–water partition coefficient (Wildman–Crippen LogP) is 4.97. The second-order valence-electron chi connectivity index (χ2n) is 7.58. The van der Waals surface area contributed by atoms with Crippen LogP contribution >= 0.6 is 11.3 Å². The minimum Gasteiger partial charge on any atom is -0.497 e. The lowest BCUT2D eigenvalue weighted by Crippen LogP contribution is -2.31. The van der Waals surface area contributed by atoms with E-state index >= 15 is 0 Å². The molecule has 0 radical (unpaired) electrons. The number of furan rings is 1. The molecule has 0 fully saturated rings. The van der Waals surface area contributed by atoms with Gasteiger partial charge in [-0.3, -0.25) is 9.69 Å². The van der Waals surface area contributed by atoms with Gasteiger partial charge in [0.05, 0.1) is 25.7 Å². The van der Waals surface area contributed by atoms with Crippen LogP contribution in [-0.2, 0) is 13.1 Å². The molecule has 3 heterocycles. The number of aromatic amines is 1. The Morgan fingerprint density at radius 2 is 1.93 bits per heavy atom. The third-order valence-electron chi connectivity index (χ3n) is 5.04. The van der Waals surface area contributed by atoms with Crippen molar-refractivity contribution in [3.63, 3.8) is 0 Å². The highest BCUT2D eigenvalue weighted by atomic mass is 32.1. The average molecular weight is 424 g/mol. The Balaban J connectivity index is 1.61. The van der Waals surface area contributed by atoms with Crippen LogP contribution < -0.4 is 10.3 Å². The molecule has 7 heteroatoms. The van der Waals surface area contributed by atoms with E-state index in [1.165, 1.54) is 11.3 Å². The van der Waals surface area contributed by atoms with Gasteiger partial charge in [0.2, 0.25) is 0 Å². The van der Waals surface area contributed by atoms with E-state index in [1.807, 2.05) is 49.4 Å². The van der Waals surface area contributed by atoms with Crippen LogP contribution in [0.2, 0.25) is 0 Å². The summed E-state index contributed by atoms with van der Waals surface area (Å²) in [6.07, 6.45) is 0. The smallest absolute Gasteiger partial charge is 0.268 e. The second kappa shape index (κ2) is 8.45. The quantitative estimate of drug-likeness (QED) is 0.454. The number of nitrogens with zero attached hydrogens (tertiary/aromatic N) is 2. The monoisotopic (exact) mass is 423 g/mol. The van der Waals surface area contributed by atoms with E-state index in [2.05, 4.69) is 23.7 Å². The zero-order valence-corrected chi connectivity index (χ0v) is 18.4. The van der Waals surface area contributed by atoms with E-state index < -0.39 is 0 Å². The molecule has 0 unspecified atom stereocenters. The molecule has 1 aromatic carbocycles. The molecule has 6 nitrogen and oxygen atoms in total. The van der Waals surface area contributed by atoms with Gasteiger partial charge in [-0.15, -0.1) is 11.3 Å². The van der Waals surface area contributed by atoms with Crippen molar-refractivity contribution >= 4 is 21.6 Å². The lowest BCUT2D eigenvalue weighted by atomic mass is 10.2. The highest BCUT2D eigenvalue weighted by Gasteiger charge is 2.16. The van der Waals surface area contributed by atoms with E-state index in [1.54, 1.807) is 7.11 Å². The maximum absolute atomic E-state index is 12.7. The van der Waals surface area contributed by atoms with E-state index in [-0.39, 0.29) is 11.6 Å². The molecule has 0 saturated heterocycles. The maximum Gasteiger partial charge on any atom is 0.268 e. The number of ether oxygens (including phenoxy) is 1. The largest absolute Gasteiger partial charge is 0.497 e. The van der Waals surface area contributed by atoms with Gasteiger partial charge in [-0.05, 0) is 68.8 Å². The molecule has 4 aromatic rings. The van der Waals surface area contributed by atoms with Crippen LogP contribution in [0.3, 0.4) is 0 Å². The average Bonchev–Trinajstić information content (AvgIpc) is 3.34. The number of rotatable bonds is 7. The Morgan fingerprint density at radius 3 is 2.57 bits per heavy atom. The van der Waals surface area contributed by atoms with Gasteiger partial charge in [-0.2, -0.15) is 0 Å². The summed E-state index contributed by atoms with van der Waals surface area (Å²) in [5, 5.41) is 0. The fraction of sp³-hybridized carbons (Fsp3) is 0.304. The van der Waals surface area contributed by atoms with E-state index in [0.717, 1.165) is 33.2 Å².